The molecule has 0 fully saturated rings. The Kier molecular flexibility index (Phi) is 5.60. The van der Waals surface area contributed by atoms with Gasteiger partial charge in [-0.25, -0.2) is 0 Å². The second-order valence-corrected chi connectivity index (χ2v) is 4.60. The molecule has 6 heteroatoms. The highest BCUT2D eigenvalue weighted by Gasteiger charge is 2.23. The van der Waals surface area contributed by atoms with Gasteiger partial charge >= 0.3 is 5.97 Å². The summed E-state index contributed by atoms with van der Waals surface area (Å²) in [6.45, 7) is 3.49. The number of aliphatic hydroxyl groups is 2. The molecular weight excluding hydrogens is 272 g/mol. The van der Waals surface area contributed by atoms with Crippen LogP contribution in [0.2, 0.25) is 5.02 Å². The van der Waals surface area contributed by atoms with E-state index in [4.69, 9.17) is 11.6 Å². The number of rotatable bonds is 5. The molecule has 5 nitrogen and oxygen atoms in total. The minimum atomic E-state index is -1.29. The van der Waals surface area contributed by atoms with Gasteiger partial charge in [-0.2, -0.15) is 0 Å². The molecule has 1 aromatic rings. The summed E-state index contributed by atoms with van der Waals surface area (Å²) in [7, 11) is 0. The van der Waals surface area contributed by atoms with E-state index in [0.29, 0.717) is 11.1 Å². The van der Waals surface area contributed by atoms with Crippen molar-refractivity contribution in [3.8, 4) is 5.75 Å². The maximum Gasteiger partial charge on any atom is 0.308 e. The van der Waals surface area contributed by atoms with E-state index in [2.05, 4.69) is 4.74 Å². The van der Waals surface area contributed by atoms with Crippen molar-refractivity contribution in [1.82, 2.24) is 0 Å². The Morgan fingerprint density at radius 1 is 1.42 bits per heavy atom. The molecule has 1 aromatic carbocycles. The van der Waals surface area contributed by atoms with Gasteiger partial charge in [0.05, 0.1) is 24.2 Å². The van der Waals surface area contributed by atoms with Crippen LogP contribution in [0.3, 0.4) is 0 Å². The predicted octanol–water partition coefficient (Wildman–Crippen LogP) is 1.70. The van der Waals surface area contributed by atoms with Crippen molar-refractivity contribution in [2.24, 2.45) is 0 Å². The normalized spacial score (nSPS) is 13.9. The second-order valence-electron chi connectivity index (χ2n) is 4.19. The summed E-state index contributed by atoms with van der Waals surface area (Å²) >= 11 is 5.79. The summed E-state index contributed by atoms with van der Waals surface area (Å²) in [5.41, 5.74) is 0.807. The standard InChI is InChI=1S/C13H17ClO5/c1-3-19-11(16)6-10(15)13(18)8-4-7(2)12(17)9(14)5-8/h4-5,10,13,15,17-18H,3,6H2,1-2H3. The van der Waals surface area contributed by atoms with Gasteiger partial charge in [0.2, 0.25) is 0 Å². The fourth-order valence-electron chi connectivity index (χ4n) is 1.66. The Morgan fingerprint density at radius 3 is 2.58 bits per heavy atom. The molecule has 0 saturated heterocycles. The molecule has 0 aliphatic carbocycles. The summed E-state index contributed by atoms with van der Waals surface area (Å²) in [5, 5.41) is 29.3. The van der Waals surface area contributed by atoms with Crippen LogP contribution in [0.4, 0.5) is 0 Å². The number of benzene rings is 1. The van der Waals surface area contributed by atoms with Gasteiger partial charge in [0, 0.05) is 0 Å². The number of carbonyl (C=O) groups is 1. The average molecular weight is 289 g/mol. The van der Waals surface area contributed by atoms with E-state index >= 15 is 0 Å². The molecule has 2 unspecified atom stereocenters. The molecular formula is C13H17ClO5. The van der Waals surface area contributed by atoms with Crippen molar-refractivity contribution < 1.29 is 24.9 Å². The predicted molar refractivity (Wildman–Crippen MR) is 70.1 cm³/mol. The van der Waals surface area contributed by atoms with Crippen LogP contribution in [0.1, 0.15) is 30.6 Å². The average Bonchev–Trinajstić information content (AvgIpc) is 2.34. The lowest BCUT2D eigenvalue weighted by molar-refractivity contribution is -0.147. The molecule has 106 valence electrons. The van der Waals surface area contributed by atoms with Crippen LogP contribution in [0, 0.1) is 6.92 Å². The van der Waals surface area contributed by atoms with Crippen LogP contribution in [-0.4, -0.2) is 34.0 Å². The quantitative estimate of drug-likeness (QED) is 0.718. The maximum atomic E-state index is 11.2. The summed E-state index contributed by atoms with van der Waals surface area (Å²) in [5.74, 6) is -0.659. The summed E-state index contributed by atoms with van der Waals surface area (Å²) < 4.78 is 4.69. The van der Waals surface area contributed by atoms with Crippen LogP contribution in [-0.2, 0) is 9.53 Å². The van der Waals surface area contributed by atoms with E-state index in [1.807, 2.05) is 0 Å². The molecule has 0 aromatic heterocycles. The fourth-order valence-corrected chi connectivity index (χ4v) is 1.93. The Bertz CT molecular complexity index is 437. The molecule has 0 aliphatic heterocycles. The molecule has 1 rings (SSSR count). The first-order valence-electron chi connectivity index (χ1n) is 5.87. The van der Waals surface area contributed by atoms with Crippen molar-refractivity contribution >= 4 is 17.6 Å². The number of aromatic hydroxyl groups is 1. The highest BCUT2D eigenvalue weighted by atomic mass is 35.5. The number of carbonyl (C=O) groups excluding carboxylic acids is 1. The van der Waals surface area contributed by atoms with Gasteiger partial charge in [0.25, 0.3) is 0 Å². The van der Waals surface area contributed by atoms with E-state index in [9.17, 15) is 20.1 Å². The van der Waals surface area contributed by atoms with Gasteiger partial charge in [-0.05, 0) is 37.1 Å². The van der Waals surface area contributed by atoms with E-state index in [1.54, 1.807) is 13.8 Å². The summed E-state index contributed by atoms with van der Waals surface area (Å²) in [4.78, 5) is 11.2. The zero-order valence-corrected chi connectivity index (χ0v) is 11.5. The molecule has 0 bridgehead atoms. The van der Waals surface area contributed by atoms with Crippen molar-refractivity contribution in [3.63, 3.8) is 0 Å². The van der Waals surface area contributed by atoms with Gasteiger partial charge in [-0.3, -0.25) is 4.79 Å². The molecule has 0 aliphatic rings. The highest BCUT2D eigenvalue weighted by molar-refractivity contribution is 6.32. The number of aliphatic hydroxyl groups excluding tert-OH is 2. The Morgan fingerprint density at radius 2 is 2.05 bits per heavy atom. The van der Waals surface area contributed by atoms with Crippen LogP contribution in [0.15, 0.2) is 12.1 Å². The first-order valence-corrected chi connectivity index (χ1v) is 6.25. The third kappa shape index (κ3) is 4.09. The molecule has 0 heterocycles. The molecule has 0 spiro atoms. The monoisotopic (exact) mass is 288 g/mol. The zero-order valence-electron chi connectivity index (χ0n) is 10.8. The molecule has 0 amide bonds. The second kappa shape index (κ2) is 6.75. The summed E-state index contributed by atoms with van der Waals surface area (Å²) in [6.07, 6.45) is -2.88. The lowest BCUT2D eigenvalue weighted by Crippen LogP contribution is -2.23. The third-order valence-electron chi connectivity index (χ3n) is 2.66. The van der Waals surface area contributed by atoms with Crippen LogP contribution in [0.25, 0.3) is 0 Å². The van der Waals surface area contributed by atoms with E-state index in [0.717, 1.165) is 0 Å². The number of esters is 1. The minimum Gasteiger partial charge on any atom is -0.506 e. The van der Waals surface area contributed by atoms with E-state index in [1.165, 1.54) is 12.1 Å². The summed E-state index contributed by atoms with van der Waals surface area (Å²) in [6, 6.07) is 2.85. The first kappa shape index (κ1) is 15.8. The highest BCUT2D eigenvalue weighted by Crippen LogP contribution is 2.32. The largest absolute Gasteiger partial charge is 0.506 e. The van der Waals surface area contributed by atoms with Crippen LogP contribution < -0.4 is 0 Å². The number of hydrogen-bond donors (Lipinski definition) is 3. The molecule has 2 atom stereocenters. The van der Waals surface area contributed by atoms with Gasteiger partial charge in [0.1, 0.15) is 11.9 Å². The van der Waals surface area contributed by atoms with Crippen molar-refractivity contribution in [3.05, 3.63) is 28.3 Å². The van der Waals surface area contributed by atoms with Crippen molar-refractivity contribution in [2.45, 2.75) is 32.5 Å². The topological polar surface area (TPSA) is 87.0 Å². The SMILES string of the molecule is CCOC(=O)CC(O)C(O)c1cc(C)c(O)c(Cl)c1. The van der Waals surface area contributed by atoms with Crippen LogP contribution >= 0.6 is 11.6 Å². The molecule has 19 heavy (non-hydrogen) atoms. The van der Waals surface area contributed by atoms with Crippen molar-refractivity contribution in [2.75, 3.05) is 6.61 Å². The Hall–Kier alpha value is -1.30. The van der Waals surface area contributed by atoms with Gasteiger partial charge in [0.15, 0.2) is 0 Å². The maximum absolute atomic E-state index is 11.2. The zero-order chi connectivity index (χ0) is 14.6. The van der Waals surface area contributed by atoms with E-state index < -0.39 is 18.2 Å². The third-order valence-corrected chi connectivity index (χ3v) is 2.95. The Balaban J connectivity index is 2.82. The van der Waals surface area contributed by atoms with Gasteiger partial charge in [-0.1, -0.05) is 11.6 Å². The lowest BCUT2D eigenvalue weighted by atomic mass is 10.00. The number of ether oxygens (including phenoxy) is 1. The van der Waals surface area contributed by atoms with E-state index in [-0.39, 0.29) is 23.8 Å². The number of phenolic OH excluding ortho intramolecular Hbond substituents is 1. The molecule has 3 N–H and O–H groups in total. The molecule has 0 radical (unpaired) electrons. The fraction of sp³-hybridized carbons (Fsp3) is 0.462. The number of halogens is 1. The number of hydrogen-bond acceptors (Lipinski definition) is 5. The van der Waals surface area contributed by atoms with Crippen LogP contribution in [0.5, 0.6) is 5.75 Å². The van der Waals surface area contributed by atoms with Gasteiger partial charge < -0.3 is 20.1 Å². The molecule has 0 saturated carbocycles. The van der Waals surface area contributed by atoms with Crippen molar-refractivity contribution in [1.29, 1.82) is 0 Å². The smallest absolute Gasteiger partial charge is 0.308 e. The first-order chi connectivity index (χ1) is 8.86. The lowest BCUT2D eigenvalue weighted by Gasteiger charge is -2.18. The number of phenols is 1. The Labute approximate surface area is 116 Å². The van der Waals surface area contributed by atoms with Gasteiger partial charge in [-0.15, -0.1) is 0 Å². The number of aryl methyl sites for hydroxylation is 1. The minimum absolute atomic E-state index is 0.0718.